The number of amides is 1. The van der Waals surface area contributed by atoms with Crippen molar-refractivity contribution in [1.82, 2.24) is 10.4 Å². The van der Waals surface area contributed by atoms with Gasteiger partial charge in [-0.05, 0) is 22.9 Å². The minimum absolute atomic E-state index is 0.220. The van der Waals surface area contributed by atoms with Gasteiger partial charge in [-0.3, -0.25) is 4.79 Å². The van der Waals surface area contributed by atoms with Crippen LogP contribution in [0.3, 0.4) is 0 Å². The van der Waals surface area contributed by atoms with Crippen molar-refractivity contribution in [1.29, 1.82) is 0 Å². The molecule has 3 aromatic carbocycles. The van der Waals surface area contributed by atoms with Crippen LogP contribution in [0.15, 0.2) is 78.0 Å². The Morgan fingerprint density at radius 2 is 1.67 bits per heavy atom. The summed E-state index contributed by atoms with van der Waals surface area (Å²) in [7, 11) is 0. The molecule has 0 saturated carbocycles. The predicted molar refractivity (Wildman–Crippen MR) is 97.3 cm³/mol. The van der Waals surface area contributed by atoms with E-state index in [1.54, 1.807) is 12.3 Å². The maximum atomic E-state index is 12.4. The van der Waals surface area contributed by atoms with Crippen LogP contribution < -0.4 is 5.43 Å². The second kappa shape index (κ2) is 6.01. The average Bonchev–Trinajstić information content (AvgIpc) is 3.04. The zero-order chi connectivity index (χ0) is 16.4. The first kappa shape index (κ1) is 14.2. The highest BCUT2D eigenvalue weighted by atomic mass is 16.2. The first-order valence-electron chi connectivity index (χ1n) is 7.70. The number of carbonyl (C=O) groups is 1. The number of nitrogens with one attached hydrogen (secondary N) is 2. The number of para-hydroxylation sites is 1. The van der Waals surface area contributed by atoms with Gasteiger partial charge in [-0.2, -0.15) is 5.10 Å². The lowest BCUT2D eigenvalue weighted by Gasteiger charge is -2.04. The highest BCUT2D eigenvalue weighted by Gasteiger charge is 2.08. The molecule has 0 bridgehead atoms. The van der Waals surface area contributed by atoms with E-state index in [-0.39, 0.29) is 5.91 Å². The fraction of sp³-hybridized carbons (Fsp3) is 0. The molecule has 0 unspecified atom stereocenters. The third kappa shape index (κ3) is 2.54. The van der Waals surface area contributed by atoms with E-state index in [1.807, 2.05) is 66.9 Å². The highest BCUT2D eigenvalue weighted by Crippen LogP contribution is 2.18. The minimum atomic E-state index is -0.220. The van der Waals surface area contributed by atoms with E-state index in [0.717, 1.165) is 27.2 Å². The largest absolute Gasteiger partial charge is 0.361 e. The van der Waals surface area contributed by atoms with E-state index in [2.05, 4.69) is 15.5 Å². The molecule has 1 heterocycles. The third-order valence-electron chi connectivity index (χ3n) is 4.03. The van der Waals surface area contributed by atoms with E-state index in [1.165, 1.54) is 0 Å². The van der Waals surface area contributed by atoms with E-state index < -0.39 is 0 Å². The quantitative estimate of drug-likeness (QED) is 0.434. The predicted octanol–water partition coefficient (Wildman–Crippen LogP) is 4.09. The van der Waals surface area contributed by atoms with Crippen LogP contribution in [0.4, 0.5) is 0 Å². The Balaban J connectivity index is 1.58. The molecule has 24 heavy (non-hydrogen) atoms. The van der Waals surface area contributed by atoms with Gasteiger partial charge < -0.3 is 4.98 Å². The van der Waals surface area contributed by atoms with Crippen LogP contribution >= 0.6 is 0 Å². The van der Waals surface area contributed by atoms with Gasteiger partial charge in [-0.1, -0.05) is 54.6 Å². The molecular formula is C20H15N3O. The van der Waals surface area contributed by atoms with E-state index >= 15 is 0 Å². The Morgan fingerprint density at radius 1 is 0.917 bits per heavy atom. The maximum Gasteiger partial charge on any atom is 0.271 e. The van der Waals surface area contributed by atoms with Crippen molar-refractivity contribution in [3.05, 3.63) is 84.1 Å². The first-order chi connectivity index (χ1) is 11.8. The van der Waals surface area contributed by atoms with Gasteiger partial charge in [0, 0.05) is 28.2 Å². The van der Waals surface area contributed by atoms with Crippen LogP contribution in [0, 0.1) is 0 Å². The number of hydrazone groups is 1. The van der Waals surface area contributed by atoms with Crippen molar-refractivity contribution in [2.24, 2.45) is 5.10 Å². The zero-order valence-corrected chi connectivity index (χ0v) is 12.9. The molecule has 2 N–H and O–H groups in total. The Kier molecular flexibility index (Phi) is 3.56. The summed E-state index contributed by atoms with van der Waals surface area (Å²) >= 11 is 0. The number of fused-ring (bicyclic) bond motifs is 2. The molecule has 0 saturated heterocycles. The number of H-pyrrole nitrogens is 1. The van der Waals surface area contributed by atoms with Crippen LogP contribution in [0.5, 0.6) is 0 Å². The van der Waals surface area contributed by atoms with Crippen molar-refractivity contribution in [3.8, 4) is 0 Å². The lowest BCUT2D eigenvalue weighted by molar-refractivity contribution is 0.0957. The molecule has 4 rings (SSSR count). The Morgan fingerprint density at radius 3 is 2.58 bits per heavy atom. The summed E-state index contributed by atoms with van der Waals surface area (Å²) < 4.78 is 0. The van der Waals surface area contributed by atoms with Crippen molar-refractivity contribution in [2.45, 2.75) is 0 Å². The molecule has 0 aliphatic rings. The molecule has 0 atom stereocenters. The number of aromatic nitrogens is 1. The summed E-state index contributed by atoms with van der Waals surface area (Å²) in [6.07, 6.45) is 3.53. The van der Waals surface area contributed by atoms with Crippen LogP contribution in [0.2, 0.25) is 0 Å². The van der Waals surface area contributed by atoms with Crippen LogP contribution in [0.25, 0.3) is 21.7 Å². The fourth-order valence-electron chi connectivity index (χ4n) is 2.84. The summed E-state index contributed by atoms with van der Waals surface area (Å²) in [6, 6.07) is 21.4. The summed E-state index contributed by atoms with van der Waals surface area (Å²) in [5.41, 5.74) is 5.20. The second-order valence-corrected chi connectivity index (χ2v) is 5.52. The molecule has 4 heteroatoms. The Labute approximate surface area is 138 Å². The molecular weight excluding hydrogens is 298 g/mol. The molecule has 4 aromatic rings. The average molecular weight is 313 g/mol. The summed E-state index contributed by atoms with van der Waals surface area (Å²) in [5, 5.41) is 7.12. The molecule has 0 aliphatic carbocycles. The summed E-state index contributed by atoms with van der Waals surface area (Å²) in [6.45, 7) is 0. The van der Waals surface area contributed by atoms with E-state index in [0.29, 0.717) is 5.56 Å². The SMILES string of the molecule is O=C(NN=Cc1c[nH]c2ccccc12)c1cccc2ccccc12. The van der Waals surface area contributed by atoms with Crippen molar-refractivity contribution in [3.63, 3.8) is 0 Å². The van der Waals surface area contributed by atoms with E-state index in [4.69, 9.17) is 0 Å². The summed E-state index contributed by atoms with van der Waals surface area (Å²) in [5.74, 6) is -0.220. The van der Waals surface area contributed by atoms with Crippen molar-refractivity contribution >= 4 is 33.8 Å². The topological polar surface area (TPSA) is 57.2 Å². The number of aromatic amines is 1. The Bertz CT molecular complexity index is 1060. The molecule has 0 spiro atoms. The highest BCUT2D eigenvalue weighted by molar-refractivity contribution is 6.07. The number of rotatable bonds is 3. The van der Waals surface area contributed by atoms with Crippen molar-refractivity contribution < 1.29 is 4.79 Å². The minimum Gasteiger partial charge on any atom is -0.361 e. The molecule has 1 aromatic heterocycles. The normalized spacial score (nSPS) is 11.3. The third-order valence-corrected chi connectivity index (χ3v) is 4.03. The molecule has 1 amide bonds. The molecule has 0 aliphatic heterocycles. The van der Waals surface area contributed by atoms with Gasteiger partial charge in [0.25, 0.3) is 5.91 Å². The first-order valence-corrected chi connectivity index (χ1v) is 7.70. The lowest BCUT2D eigenvalue weighted by atomic mass is 10.0. The molecule has 4 nitrogen and oxygen atoms in total. The van der Waals surface area contributed by atoms with Gasteiger partial charge in [-0.25, -0.2) is 5.43 Å². The second-order valence-electron chi connectivity index (χ2n) is 5.52. The van der Waals surface area contributed by atoms with Gasteiger partial charge in [0.15, 0.2) is 0 Å². The zero-order valence-electron chi connectivity index (χ0n) is 12.9. The molecule has 116 valence electrons. The lowest BCUT2D eigenvalue weighted by Crippen LogP contribution is -2.17. The Hall–Kier alpha value is -3.40. The maximum absolute atomic E-state index is 12.4. The number of carbonyl (C=O) groups excluding carboxylic acids is 1. The van der Waals surface area contributed by atoms with E-state index in [9.17, 15) is 4.79 Å². The number of nitrogens with zero attached hydrogens (tertiary/aromatic N) is 1. The van der Waals surface area contributed by atoms with Gasteiger partial charge in [0.2, 0.25) is 0 Å². The van der Waals surface area contributed by atoms with Gasteiger partial charge >= 0.3 is 0 Å². The molecule has 0 fully saturated rings. The molecule has 0 radical (unpaired) electrons. The van der Waals surface area contributed by atoms with Gasteiger partial charge in [0.05, 0.1) is 6.21 Å². The number of hydrogen-bond acceptors (Lipinski definition) is 2. The summed E-state index contributed by atoms with van der Waals surface area (Å²) in [4.78, 5) is 15.6. The monoisotopic (exact) mass is 313 g/mol. The van der Waals surface area contributed by atoms with Crippen LogP contribution in [0.1, 0.15) is 15.9 Å². The van der Waals surface area contributed by atoms with Crippen LogP contribution in [-0.2, 0) is 0 Å². The standard InChI is InChI=1S/C20H15N3O/c24-20(18-10-5-7-14-6-1-2-8-16(14)18)23-22-13-15-12-21-19-11-4-3-9-17(15)19/h1-13,21H,(H,23,24). The number of hydrogen-bond donors (Lipinski definition) is 2. The van der Waals surface area contributed by atoms with Gasteiger partial charge in [-0.15, -0.1) is 0 Å². The fourth-order valence-corrected chi connectivity index (χ4v) is 2.84. The number of benzene rings is 3. The van der Waals surface area contributed by atoms with Crippen molar-refractivity contribution in [2.75, 3.05) is 0 Å². The van der Waals surface area contributed by atoms with Gasteiger partial charge in [0.1, 0.15) is 0 Å². The van der Waals surface area contributed by atoms with Crippen LogP contribution in [-0.4, -0.2) is 17.1 Å². The smallest absolute Gasteiger partial charge is 0.271 e.